The quantitative estimate of drug-likeness (QED) is 0.814. The number of hydrogen-bond donors (Lipinski definition) is 2. The molecular formula is C14H19NO3. The van der Waals surface area contributed by atoms with E-state index in [9.17, 15) is 9.59 Å². The Labute approximate surface area is 107 Å². The van der Waals surface area contributed by atoms with Crippen LogP contribution in [0.2, 0.25) is 0 Å². The van der Waals surface area contributed by atoms with Gasteiger partial charge in [-0.05, 0) is 30.0 Å². The lowest BCUT2D eigenvalue weighted by Crippen LogP contribution is -2.12. The molecule has 98 valence electrons. The van der Waals surface area contributed by atoms with Crippen molar-refractivity contribution in [3.8, 4) is 0 Å². The first-order chi connectivity index (χ1) is 8.47. The van der Waals surface area contributed by atoms with Crippen molar-refractivity contribution in [3.05, 3.63) is 29.8 Å². The van der Waals surface area contributed by atoms with Crippen LogP contribution in [-0.2, 0) is 16.0 Å². The summed E-state index contributed by atoms with van der Waals surface area (Å²) in [5.74, 6) is -0.355. The molecule has 0 saturated heterocycles. The van der Waals surface area contributed by atoms with Gasteiger partial charge >= 0.3 is 5.97 Å². The minimum Gasteiger partial charge on any atom is -0.481 e. The Morgan fingerprint density at radius 3 is 2.33 bits per heavy atom. The molecule has 4 heteroatoms. The van der Waals surface area contributed by atoms with E-state index < -0.39 is 5.97 Å². The lowest BCUT2D eigenvalue weighted by Gasteiger charge is -2.07. The number of carbonyl (C=O) groups is 2. The van der Waals surface area contributed by atoms with Crippen LogP contribution in [0.25, 0.3) is 0 Å². The van der Waals surface area contributed by atoms with Gasteiger partial charge in [0.1, 0.15) is 0 Å². The first-order valence-corrected chi connectivity index (χ1v) is 6.08. The van der Waals surface area contributed by atoms with E-state index >= 15 is 0 Å². The van der Waals surface area contributed by atoms with Gasteiger partial charge < -0.3 is 10.4 Å². The number of benzene rings is 1. The number of carboxylic acid groups (broad SMARTS) is 1. The molecule has 0 radical (unpaired) electrons. The summed E-state index contributed by atoms with van der Waals surface area (Å²) < 4.78 is 0. The zero-order valence-corrected chi connectivity index (χ0v) is 10.8. The second kappa shape index (κ2) is 6.79. The monoisotopic (exact) mass is 249 g/mol. The predicted molar refractivity (Wildman–Crippen MR) is 70.5 cm³/mol. The van der Waals surface area contributed by atoms with E-state index in [0.29, 0.717) is 18.0 Å². The van der Waals surface area contributed by atoms with Crippen molar-refractivity contribution < 1.29 is 14.7 Å². The third-order valence-corrected chi connectivity index (χ3v) is 2.54. The summed E-state index contributed by atoms with van der Waals surface area (Å²) >= 11 is 0. The van der Waals surface area contributed by atoms with Crippen molar-refractivity contribution >= 4 is 17.6 Å². The van der Waals surface area contributed by atoms with E-state index in [1.165, 1.54) is 0 Å². The van der Waals surface area contributed by atoms with E-state index in [1.807, 2.05) is 0 Å². The molecule has 1 rings (SSSR count). The summed E-state index contributed by atoms with van der Waals surface area (Å²) in [4.78, 5) is 22.1. The Kier molecular flexibility index (Phi) is 5.36. The Hall–Kier alpha value is -1.84. The molecule has 18 heavy (non-hydrogen) atoms. The second-order valence-corrected chi connectivity index (χ2v) is 4.75. The Morgan fingerprint density at radius 1 is 1.22 bits per heavy atom. The van der Waals surface area contributed by atoms with Crippen LogP contribution in [0.5, 0.6) is 0 Å². The molecule has 0 fully saturated rings. The molecule has 0 aliphatic carbocycles. The SMILES string of the molecule is CC(C)CCC(=O)Nc1ccc(CC(=O)O)cc1. The first kappa shape index (κ1) is 14.2. The number of amides is 1. The maximum Gasteiger partial charge on any atom is 0.307 e. The van der Waals surface area contributed by atoms with Gasteiger partial charge in [0, 0.05) is 12.1 Å². The van der Waals surface area contributed by atoms with Gasteiger partial charge in [-0.2, -0.15) is 0 Å². The van der Waals surface area contributed by atoms with Gasteiger partial charge in [-0.3, -0.25) is 9.59 Å². The molecular weight excluding hydrogens is 230 g/mol. The summed E-state index contributed by atoms with van der Waals surface area (Å²) in [7, 11) is 0. The predicted octanol–water partition coefficient (Wildman–Crippen LogP) is 2.69. The van der Waals surface area contributed by atoms with Gasteiger partial charge in [0.25, 0.3) is 0 Å². The Morgan fingerprint density at radius 2 is 1.83 bits per heavy atom. The molecule has 0 spiro atoms. The van der Waals surface area contributed by atoms with E-state index in [-0.39, 0.29) is 12.3 Å². The zero-order valence-electron chi connectivity index (χ0n) is 10.8. The van der Waals surface area contributed by atoms with Crippen LogP contribution < -0.4 is 5.32 Å². The van der Waals surface area contributed by atoms with Gasteiger partial charge in [-0.1, -0.05) is 26.0 Å². The molecule has 0 heterocycles. The highest BCUT2D eigenvalue weighted by Gasteiger charge is 2.05. The summed E-state index contributed by atoms with van der Waals surface area (Å²) in [5.41, 5.74) is 1.43. The van der Waals surface area contributed by atoms with Crippen LogP contribution in [0.4, 0.5) is 5.69 Å². The van der Waals surface area contributed by atoms with Crippen LogP contribution in [0.15, 0.2) is 24.3 Å². The van der Waals surface area contributed by atoms with Crippen LogP contribution in [0.1, 0.15) is 32.3 Å². The molecule has 0 aromatic heterocycles. The van der Waals surface area contributed by atoms with Crippen molar-refractivity contribution in [2.75, 3.05) is 5.32 Å². The van der Waals surface area contributed by atoms with Crippen molar-refractivity contribution in [2.24, 2.45) is 5.92 Å². The minimum atomic E-state index is -0.858. The van der Waals surface area contributed by atoms with E-state index in [1.54, 1.807) is 24.3 Å². The molecule has 0 unspecified atom stereocenters. The Balaban J connectivity index is 2.48. The number of rotatable bonds is 6. The molecule has 0 saturated carbocycles. The molecule has 1 aromatic carbocycles. The fourth-order valence-corrected chi connectivity index (χ4v) is 1.52. The smallest absolute Gasteiger partial charge is 0.307 e. The average molecular weight is 249 g/mol. The Bertz CT molecular complexity index is 410. The minimum absolute atomic E-state index is 0.00156. The van der Waals surface area contributed by atoms with Gasteiger partial charge in [0.15, 0.2) is 0 Å². The van der Waals surface area contributed by atoms with Crippen LogP contribution in [0.3, 0.4) is 0 Å². The summed E-state index contributed by atoms with van der Waals surface area (Å²) in [6.07, 6.45) is 1.37. The molecule has 1 aromatic rings. The number of hydrogen-bond acceptors (Lipinski definition) is 2. The third kappa shape index (κ3) is 5.48. The van der Waals surface area contributed by atoms with Gasteiger partial charge in [0.2, 0.25) is 5.91 Å². The van der Waals surface area contributed by atoms with E-state index in [0.717, 1.165) is 12.0 Å². The molecule has 2 N–H and O–H groups in total. The standard InChI is InChI=1S/C14H19NO3/c1-10(2)3-8-13(16)15-12-6-4-11(5-7-12)9-14(17)18/h4-7,10H,3,8-9H2,1-2H3,(H,15,16)(H,17,18). The summed E-state index contributed by atoms with van der Waals surface area (Å²) in [5, 5.41) is 11.4. The highest BCUT2D eigenvalue weighted by molar-refractivity contribution is 5.90. The molecule has 0 aliphatic heterocycles. The highest BCUT2D eigenvalue weighted by atomic mass is 16.4. The lowest BCUT2D eigenvalue weighted by atomic mass is 10.1. The van der Waals surface area contributed by atoms with Crippen molar-refractivity contribution in [2.45, 2.75) is 33.1 Å². The topological polar surface area (TPSA) is 66.4 Å². The molecule has 0 atom stereocenters. The summed E-state index contributed by atoms with van der Waals surface area (Å²) in [6.45, 7) is 4.15. The van der Waals surface area contributed by atoms with Crippen molar-refractivity contribution in [3.63, 3.8) is 0 Å². The first-order valence-electron chi connectivity index (χ1n) is 6.08. The van der Waals surface area contributed by atoms with Gasteiger partial charge in [0.05, 0.1) is 6.42 Å². The van der Waals surface area contributed by atoms with Crippen molar-refractivity contribution in [1.29, 1.82) is 0 Å². The number of aliphatic carboxylic acids is 1. The highest BCUT2D eigenvalue weighted by Crippen LogP contribution is 2.12. The van der Waals surface area contributed by atoms with Crippen LogP contribution in [-0.4, -0.2) is 17.0 Å². The van der Waals surface area contributed by atoms with Gasteiger partial charge in [-0.25, -0.2) is 0 Å². The maximum absolute atomic E-state index is 11.6. The normalized spacial score (nSPS) is 10.4. The van der Waals surface area contributed by atoms with Crippen molar-refractivity contribution in [1.82, 2.24) is 0 Å². The molecule has 0 aliphatic rings. The number of carboxylic acids is 1. The molecule has 1 amide bonds. The number of nitrogens with one attached hydrogen (secondary N) is 1. The van der Waals surface area contributed by atoms with Crippen LogP contribution in [0, 0.1) is 5.92 Å². The zero-order chi connectivity index (χ0) is 13.5. The largest absolute Gasteiger partial charge is 0.481 e. The van der Waals surface area contributed by atoms with Gasteiger partial charge in [-0.15, -0.1) is 0 Å². The number of anilines is 1. The second-order valence-electron chi connectivity index (χ2n) is 4.75. The lowest BCUT2D eigenvalue weighted by molar-refractivity contribution is -0.136. The van der Waals surface area contributed by atoms with Crippen LogP contribution >= 0.6 is 0 Å². The average Bonchev–Trinajstić information content (AvgIpc) is 2.28. The van der Waals surface area contributed by atoms with E-state index in [4.69, 9.17) is 5.11 Å². The fourth-order valence-electron chi connectivity index (χ4n) is 1.52. The molecule has 0 bridgehead atoms. The number of carbonyl (C=O) groups excluding carboxylic acids is 1. The third-order valence-electron chi connectivity index (χ3n) is 2.54. The van der Waals surface area contributed by atoms with E-state index in [2.05, 4.69) is 19.2 Å². The maximum atomic E-state index is 11.6. The fraction of sp³-hybridized carbons (Fsp3) is 0.429. The summed E-state index contributed by atoms with van der Waals surface area (Å²) in [6, 6.07) is 6.88. The molecule has 4 nitrogen and oxygen atoms in total.